The van der Waals surface area contributed by atoms with Crippen LogP contribution >= 0.6 is 0 Å². The van der Waals surface area contributed by atoms with Crippen molar-refractivity contribution in [1.82, 2.24) is 49.8 Å². The van der Waals surface area contributed by atoms with Crippen LogP contribution in [0.4, 0.5) is 50.1 Å². The van der Waals surface area contributed by atoms with E-state index in [1.54, 1.807) is 33.6 Å². The summed E-state index contributed by atoms with van der Waals surface area (Å²) in [5.74, 6) is -2.79. The number of carboxylic acids is 2. The van der Waals surface area contributed by atoms with Crippen molar-refractivity contribution < 1.29 is 65.3 Å². The van der Waals surface area contributed by atoms with Crippen LogP contribution in [0.2, 0.25) is 0 Å². The molecule has 6 fully saturated rings. The quantitative estimate of drug-likeness (QED) is 0.0446. The molecule has 4 aromatic heterocycles. The molecule has 6 aliphatic rings. The van der Waals surface area contributed by atoms with Crippen molar-refractivity contribution in [1.29, 1.82) is 0 Å². The molecule has 4 saturated carbocycles. The normalized spacial score (nSPS) is 22.8. The van der Waals surface area contributed by atoms with Crippen LogP contribution in [0.1, 0.15) is 128 Å². The molecule has 10 N–H and O–H groups in total. The summed E-state index contributed by atoms with van der Waals surface area (Å²) in [7, 11) is 0. The number of aromatic nitrogens is 8. The summed E-state index contributed by atoms with van der Waals surface area (Å²) in [5.41, 5.74) is 9.46. The van der Waals surface area contributed by atoms with Crippen LogP contribution in [0.15, 0.2) is 23.5 Å². The van der Waals surface area contributed by atoms with Crippen molar-refractivity contribution >= 4 is 82.8 Å². The SMILES string of the molecule is CC(C)CCC1CCC(Nc2nc(NC3CC3)n3ncc(/C=C4\CC(=O)NC4=O)c3n2)CC1.NC1CCC(Nc2nc(NC3CC3)n3ncc(/C=C4\CC(=O)NC4=O)c3n2)CC1.O=C(O)C(F)(F)F.O=C(O)C(F)(F)F. The number of hydrogen-bond acceptors (Lipinski definition) is 17. The Hall–Kier alpha value is -7.46. The van der Waals surface area contributed by atoms with Gasteiger partial charge in [0.15, 0.2) is 11.3 Å². The van der Waals surface area contributed by atoms with Crippen LogP contribution in [-0.4, -0.2) is 128 Å². The van der Waals surface area contributed by atoms with Crippen molar-refractivity contribution in [3.05, 3.63) is 34.7 Å². The van der Waals surface area contributed by atoms with E-state index >= 15 is 0 Å². The molecular formula is C47H59F6N15O8. The highest BCUT2D eigenvalue weighted by molar-refractivity contribution is 6.16. The number of aliphatic carboxylic acids is 2. The number of rotatable bonds is 13. The lowest BCUT2D eigenvalue weighted by Gasteiger charge is -2.29. The third kappa shape index (κ3) is 16.0. The molecule has 0 atom stereocenters. The maximum atomic E-state index is 12.0. The van der Waals surface area contributed by atoms with Gasteiger partial charge >= 0.3 is 24.3 Å². The van der Waals surface area contributed by atoms with E-state index in [1.165, 1.54) is 25.7 Å². The number of carbonyl (C=O) groups is 6. The molecule has 2 saturated heterocycles. The summed E-state index contributed by atoms with van der Waals surface area (Å²) in [6.07, 6.45) is 12.5. The summed E-state index contributed by atoms with van der Waals surface area (Å²) in [5, 5.41) is 41.6. The minimum Gasteiger partial charge on any atom is -0.475 e. The number of halogens is 6. The second-order valence-corrected chi connectivity index (χ2v) is 19.9. The van der Waals surface area contributed by atoms with Gasteiger partial charge in [0.2, 0.25) is 35.6 Å². The Morgan fingerprint density at radius 2 is 0.987 bits per heavy atom. The fraction of sp³-hybridized carbons (Fsp3) is 0.574. The number of anilines is 4. The lowest BCUT2D eigenvalue weighted by molar-refractivity contribution is -0.193. The number of carboxylic acid groups (broad SMARTS) is 2. The van der Waals surface area contributed by atoms with E-state index < -0.39 is 24.3 Å². The number of amides is 4. The highest BCUT2D eigenvalue weighted by Gasteiger charge is 2.39. The van der Waals surface area contributed by atoms with Gasteiger partial charge in [0.05, 0.1) is 25.2 Å². The van der Waals surface area contributed by atoms with Crippen molar-refractivity contribution in [2.24, 2.45) is 17.6 Å². The van der Waals surface area contributed by atoms with Gasteiger partial charge < -0.3 is 37.2 Å². The average molecular weight is 1080 g/mol. The van der Waals surface area contributed by atoms with Crippen LogP contribution in [0.3, 0.4) is 0 Å². The highest BCUT2D eigenvalue weighted by Crippen LogP contribution is 2.32. The Morgan fingerprint density at radius 3 is 1.32 bits per heavy atom. The molecule has 6 heterocycles. The molecule has 0 bridgehead atoms. The third-order valence-corrected chi connectivity index (χ3v) is 13.0. The van der Waals surface area contributed by atoms with E-state index in [1.807, 2.05) is 0 Å². The first-order valence-electron chi connectivity index (χ1n) is 24.9. The molecule has 10 rings (SSSR count). The van der Waals surface area contributed by atoms with Gasteiger partial charge in [0.1, 0.15) is 0 Å². The number of nitrogens with two attached hydrogens (primary N) is 1. The molecule has 0 aromatic carbocycles. The van der Waals surface area contributed by atoms with Gasteiger partial charge in [-0.25, -0.2) is 9.59 Å². The maximum absolute atomic E-state index is 12.0. The molecule has 0 unspecified atom stereocenters. The lowest BCUT2D eigenvalue weighted by atomic mass is 9.82. The van der Waals surface area contributed by atoms with Gasteiger partial charge in [-0.05, 0) is 101 Å². The number of hydrogen-bond donors (Lipinski definition) is 9. The molecule has 29 heteroatoms. The van der Waals surface area contributed by atoms with Gasteiger partial charge in [-0.2, -0.15) is 65.5 Å². The zero-order valence-electron chi connectivity index (χ0n) is 41.4. The van der Waals surface area contributed by atoms with Crippen molar-refractivity contribution in [2.75, 3.05) is 21.3 Å². The van der Waals surface area contributed by atoms with Gasteiger partial charge in [-0.1, -0.05) is 26.7 Å². The summed E-state index contributed by atoms with van der Waals surface area (Å²) in [6, 6.07) is 1.74. The summed E-state index contributed by atoms with van der Waals surface area (Å²) in [4.78, 5) is 83.6. The molecule has 4 amide bonds. The predicted molar refractivity (Wildman–Crippen MR) is 261 cm³/mol. The number of fused-ring (bicyclic) bond motifs is 2. The number of nitrogens with zero attached hydrogens (tertiary/aromatic N) is 8. The Kier molecular flexibility index (Phi) is 17.8. The minimum atomic E-state index is -5.08. The highest BCUT2D eigenvalue weighted by atomic mass is 19.4. The van der Waals surface area contributed by atoms with Crippen molar-refractivity contribution in [2.45, 2.75) is 159 Å². The molecule has 2 aliphatic heterocycles. The number of imide groups is 2. The molecule has 4 aromatic rings. The van der Waals surface area contributed by atoms with E-state index in [0.717, 1.165) is 76.0 Å². The van der Waals surface area contributed by atoms with Crippen LogP contribution in [-0.2, 0) is 28.8 Å². The van der Waals surface area contributed by atoms with Gasteiger partial charge in [-0.3, -0.25) is 29.8 Å². The predicted octanol–water partition coefficient (Wildman–Crippen LogP) is 5.61. The molecule has 76 heavy (non-hydrogen) atoms. The smallest absolute Gasteiger partial charge is 0.475 e. The van der Waals surface area contributed by atoms with E-state index in [2.05, 4.69) is 65.9 Å². The summed E-state index contributed by atoms with van der Waals surface area (Å²) < 4.78 is 66.8. The van der Waals surface area contributed by atoms with Gasteiger partial charge in [-0.15, -0.1) is 0 Å². The topological polar surface area (TPSA) is 327 Å². The van der Waals surface area contributed by atoms with E-state index in [0.29, 0.717) is 75.5 Å². The Balaban J connectivity index is 0.000000178. The summed E-state index contributed by atoms with van der Waals surface area (Å²) >= 11 is 0. The van der Waals surface area contributed by atoms with Crippen LogP contribution in [0.5, 0.6) is 0 Å². The zero-order valence-corrected chi connectivity index (χ0v) is 41.4. The van der Waals surface area contributed by atoms with E-state index in [-0.39, 0.29) is 48.6 Å². The Labute approximate surface area is 429 Å². The van der Waals surface area contributed by atoms with Crippen molar-refractivity contribution in [3.8, 4) is 0 Å². The fourth-order valence-corrected chi connectivity index (χ4v) is 8.54. The van der Waals surface area contributed by atoms with Gasteiger partial charge in [0, 0.05) is 52.5 Å². The Bertz CT molecular complexity index is 2840. The monoisotopic (exact) mass is 1080 g/mol. The number of carbonyl (C=O) groups excluding carboxylic acids is 4. The number of alkyl halides is 6. The van der Waals surface area contributed by atoms with Crippen LogP contribution in [0, 0.1) is 11.8 Å². The second kappa shape index (κ2) is 24.0. The number of nitrogens with one attached hydrogen (secondary N) is 6. The summed E-state index contributed by atoms with van der Waals surface area (Å²) in [6.45, 7) is 4.59. The van der Waals surface area contributed by atoms with E-state index in [4.69, 9.17) is 35.5 Å². The van der Waals surface area contributed by atoms with Crippen molar-refractivity contribution in [3.63, 3.8) is 0 Å². The zero-order chi connectivity index (χ0) is 55.1. The molecule has 412 valence electrons. The first-order valence-corrected chi connectivity index (χ1v) is 24.9. The fourth-order valence-electron chi connectivity index (χ4n) is 8.54. The average Bonchev–Trinajstić information content (AvgIpc) is 4.21. The third-order valence-electron chi connectivity index (χ3n) is 13.0. The first-order chi connectivity index (χ1) is 35.9. The molecular weight excluding hydrogens is 1020 g/mol. The second-order valence-electron chi connectivity index (χ2n) is 19.9. The Morgan fingerprint density at radius 1 is 0.632 bits per heavy atom. The molecule has 0 spiro atoms. The van der Waals surface area contributed by atoms with Crippen LogP contribution < -0.4 is 37.6 Å². The largest absolute Gasteiger partial charge is 0.490 e. The van der Waals surface area contributed by atoms with E-state index in [9.17, 15) is 45.5 Å². The molecule has 0 radical (unpaired) electrons. The maximum Gasteiger partial charge on any atom is 0.490 e. The molecule has 23 nitrogen and oxygen atoms in total. The van der Waals surface area contributed by atoms with Crippen LogP contribution in [0.25, 0.3) is 23.4 Å². The van der Waals surface area contributed by atoms with Gasteiger partial charge in [0.25, 0.3) is 11.8 Å². The minimum absolute atomic E-state index is 0.0713. The standard InChI is InChI=1S/C24H33N7O2.C19H24N8O2.2C2HF3O2/c1-14(2)3-4-15-5-7-18(8-6-15)26-23-29-21-17(11-16-12-20(32)28-22(16)33)13-25-31(21)24(30-23)27-19-9-10-19;20-12-1-3-13(4-2-12)22-18-25-16-11(7-10-8-15(28)24-17(10)29)9-21-27(16)19(26-18)23-14-5-6-14;2*3-2(4,5)1(6)7/h11,13-15,18-19H,3-10,12H2,1-2H3,(H,28,32,33)(H2,26,27,29,30);7,9,12-14H,1-6,8,20H2,(H,24,28,29)(H2,22,23,25,26);2*(H,6,7)/b16-11+;10-7+;;. The lowest BCUT2D eigenvalue weighted by Crippen LogP contribution is -2.33. The molecule has 4 aliphatic carbocycles. The first kappa shape index (κ1) is 56.3.